The minimum Gasteiger partial charge on any atom is -0.467 e. The van der Waals surface area contributed by atoms with Crippen LogP contribution in [0.4, 0.5) is 5.69 Å². The molecule has 5 nitrogen and oxygen atoms in total. The van der Waals surface area contributed by atoms with Crippen molar-refractivity contribution >= 4 is 44.8 Å². The van der Waals surface area contributed by atoms with Gasteiger partial charge >= 0.3 is 0 Å². The number of halogens is 1. The number of hydrogen-bond donors (Lipinski definition) is 0. The van der Waals surface area contributed by atoms with Crippen molar-refractivity contribution in [3.63, 3.8) is 0 Å². The largest absolute Gasteiger partial charge is 0.467 e. The van der Waals surface area contributed by atoms with Crippen LogP contribution in [0.5, 0.6) is 0 Å². The SMILES string of the molecule is Cc1ccc(CN(Cc2ccco2)C(=O)C2CCN(c3ccccc3Br)C2=O)s1. The molecule has 7 heteroatoms. The highest BCUT2D eigenvalue weighted by molar-refractivity contribution is 9.10. The van der Waals surface area contributed by atoms with Crippen LogP contribution in [0.1, 0.15) is 21.9 Å². The fourth-order valence-electron chi connectivity index (χ4n) is 3.60. The maximum Gasteiger partial charge on any atom is 0.239 e. The molecule has 0 bridgehead atoms. The van der Waals surface area contributed by atoms with Crippen molar-refractivity contribution in [1.29, 1.82) is 0 Å². The van der Waals surface area contributed by atoms with Crippen molar-refractivity contribution in [1.82, 2.24) is 4.90 Å². The van der Waals surface area contributed by atoms with Crippen molar-refractivity contribution in [3.05, 3.63) is 74.8 Å². The van der Waals surface area contributed by atoms with E-state index in [4.69, 9.17) is 4.42 Å². The zero-order chi connectivity index (χ0) is 20.4. The van der Waals surface area contributed by atoms with Crippen LogP contribution < -0.4 is 4.90 Å². The molecule has 1 fully saturated rings. The Morgan fingerprint density at radius 2 is 2.03 bits per heavy atom. The first-order chi connectivity index (χ1) is 14.0. The van der Waals surface area contributed by atoms with Gasteiger partial charge in [0.15, 0.2) is 0 Å². The Morgan fingerprint density at radius 1 is 1.21 bits per heavy atom. The van der Waals surface area contributed by atoms with Gasteiger partial charge in [0.2, 0.25) is 11.8 Å². The van der Waals surface area contributed by atoms with E-state index in [0.717, 1.165) is 15.0 Å². The van der Waals surface area contributed by atoms with Crippen molar-refractivity contribution in [2.24, 2.45) is 5.92 Å². The average Bonchev–Trinajstić information content (AvgIpc) is 3.44. The lowest BCUT2D eigenvalue weighted by Crippen LogP contribution is -2.39. The smallest absolute Gasteiger partial charge is 0.239 e. The van der Waals surface area contributed by atoms with E-state index in [1.807, 2.05) is 55.5 Å². The third-order valence-electron chi connectivity index (χ3n) is 5.03. The molecule has 0 radical (unpaired) electrons. The highest BCUT2D eigenvalue weighted by Gasteiger charge is 2.40. The fourth-order valence-corrected chi connectivity index (χ4v) is 5.00. The van der Waals surface area contributed by atoms with Gasteiger partial charge in [-0.1, -0.05) is 12.1 Å². The molecule has 1 aromatic carbocycles. The predicted molar refractivity (Wildman–Crippen MR) is 117 cm³/mol. The standard InChI is InChI=1S/C22H21BrN2O3S/c1-15-8-9-17(29-15)14-24(13-16-5-4-12-28-16)21(26)18-10-11-25(22(18)27)20-7-3-2-6-19(20)23/h2-9,12,18H,10-11,13-14H2,1H3. The van der Waals surface area contributed by atoms with Crippen LogP contribution in [0.25, 0.3) is 0 Å². The first kappa shape index (κ1) is 19.9. The molecule has 2 amide bonds. The third kappa shape index (κ3) is 4.31. The highest BCUT2D eigenvalue weighted by atomic mass is 79.9. The summed E-state index contributed by atoms with van der Waals surface area (Å²) in [5.74, 6) is -0.251. The number of thiophene rings is 1. The Hall–Kier alpha value is -2.38. The molecular weight excluding hydrogens is 452 g/mol. The van der Waals surface area contributed by atoms with Crippen LogP contribution in [0.2, 0.25) is 0 Å². The Morgan fingerprint density at radius 3 is 2.72 bits per heavy atom. The number of para-hydroxylation sites is 1. The van der Waals surface area contributed by atoms with Crippen molar-refractivity contribution in [2.75, 3.05) is 11.4 Å². The van der Waals surface area contributed by atoms with Crippen LogP contribution in [-0.4, -0.2) is 23.3 Å². The lowest BCUT2D eigenvalue weighted by atomic mass is 10.1. The molecule has 1 aliphatic heterocycles. The number of hydrogen-bond acceptors (Lipinski definition) is 4. The van der Waals surface area contributed by atoms with E-state index >= 15 is 0 Å². The number of amides is 2. The van der Waals surface area contributed by atoms with Gasteiger partial charge in [0.1, 0.15) is 11.7 Å². The summed E-state index contributed by atoms with van der Waals surface area (Å²) in [6.45, 7) is 3.39. The van der Waals surface area contributed by atoms with E-state index in [1.54, 1.807) is 27.4 Å². The summed E-state index contributed by atoms with van der Waals surface area (Å²) in [7, 11) is 0. The molecule has 3 aromatic rings. The van der Waals surface area contributed by atoms with E-state index in [2.05, 4.69) is 15.9 Å². The van der Waals surface area contributed by atoms with Crippen molar-refractivity contribution in [3.8, 4) is 0 Å². The molecule has 2 aromatic heterocycles. The Kier molecular flexibility index (Phi) is 5.87. The molecular formula is C22H21BrN2O3S. The lowest BCUT2D eigenvalue weighted by molar-refractivity contribution is -0.141. The highest BCUT2D eigenvalue weighted by Crippen LogP contribution is 2.32. The van der Waals surface area contributed by atoms with Gasteiger partial charge in [-0.3, -0.25) is 9.59 Å². The summed E-state index contributed by atoms with van der Waals surface area (Å²) < 4.78 is 6.31. The Bertz CT molecular complexity index is 1010. The van der Waals surface area contributed by atoms with Gasteiger partial charge in [-0.05, 0) is 65.7 Å². The zero-order valence-electron chi connectivity index (χ0n) is 16.0. The van der Waals surface area contributed by atoms with Crippen molar-refractivity contribution in [2.45, 2.75) is 26.4 Å². The molecule has 0 aliphatic carbocycles. The number of aryl methyl sites for hydroxylation is 1. The van der Waals surface area contributed by atoms with Crippen LogP contribution in [0, 0.1) is 12.8 Å². The molecule has 29 heavy (non-hydrogen) atoms. The number of benzene rings is 1. The molecule has 1 unspecified atom stereocenters. The first-order valence-electron chi connectivity index (χ1n) is 9.45. The zero-order valence-corrected chi connectivity index (χ0v) is 18.4. The number of anilines is 1. The summed E-state index contributed by atoms with van der Waals surface area (Å²) in [5.41, 5.74) is 0.805. The van der Waals surface area contributed by atoms with Gasteiger partial charge in [0.25, 0.3) is 0 Å². The Balaban J connectivity index is 1.55. The molecule has 3 heterocycles. The maximum absolute atomic E-state index is 13.4. The van der Waals surface area contributed by atoms with Crippen LogP contribution >= 0.6 is 27.3 Å². The second kappa shape index (κ2) is 8.55. The molecule has 150 valence electrons. The summed E-state index contributed by atoms with van der Waals surface area (Å²) in [6, 6.07) is 15.3. The number of nitrogens with zero attached hydrogens (tertiary/aromatic N) is 2. The first-order valence-corrected chi connectivity index (χ1v) is 11.1. The molecule has 0 N–H and O–H groups in total. The van der Waals surface area contributed by atoms with E-state index < -0.39 is 5.92 Å². The quantitative estimate of drug-likeness (QED) is 0.474. The van der Waals surface area contributed by atoms with E-state index in [-0.39, 0.29) is 11.8 Å². The normalized spacial score (nSPS) is 16.4. The Labute approximate surface area is 182 Å². The van der Waals surface area contributed by atoms with Gasteiger partial charge in [0, 0.05) is 20.8 Å². The molecule has 1 aliphatic rings. The van der Waals surface area contributed by atoms with E-state index in [1.165, 1.54) is 4.88 Å². The topological polar surface area (TPSA) is 53.8 Å². The van der Waals surface area contributed by atoms with Crippen LogP contribution in [-0.2, 0) is 22.7 Å². The molecule has 1 saturated heterocycles. The lowest BCUT2D eigenvalue weighted by Gasteiger charge is -2.24. The van der Waals surface area contributed by atoms with Gasteiger partial charge in [-0.15, -0.1) is 11.3 Å². The van der Waals surface area contributed by atoms with E-state index in [9.17, 15) is 9.59 Å². The summed E-state index contributed by atoms with van der Waals surface area (Å²) in [4.78, 5) is 32.2. The van der Waals surface area contributed by atoms with Gasteiger partial charge < -0.3 is 14.2 Å². The summed E-state index contributed by atoms with van der Waals surface area (Å²) in [5, 5.41) is 0. The molecule has 0 spiro atoms. The van der Waals surface area contributed by atoms with Crippen LogP contribution in [0.3, 0.4) is 0 Å². The number of carbonyl (C=O) groups excluding carboxylic acids is 2. The van der Waals surface area contributed by atoms with Crippen LogP contribution in [0.15, 0.2) is 63.7 Å². The minimum atomic E-state index is -0.668. The second-order valence-corrected chi connectivity index (χ2v) is 9.30. The van der Waals surface area contributed by atoms with Gasteiger partial charge in [-0.25, -0.2) is 0 Å². The second-order valence-electron chi connectivity index (χ2n) is 7.07. The van der Waals surface area contributed by atoms with Gasteiger partial charge in [-0.2, -0.15) is 0 Å². The van der Waals surface area contributed by atoms with E-state index in [0.29, 0.717) is 31.8 Å². The molecule has 4 rings (SSSR count). The average molecular weight is 473 g/mol. The summed E-state index contributed by atoms with van der Waals surface area (Å²) >= 11 is 5.17. The minimum absolute atomic E-state index is 0.145. The number of rotatable bonds is 6. The number of carbonyl (C=O) groups is 2. The third-order valence-corrected chi connectivity index (χ3v) is 6.68. The number of furan rings is 1. The summed E-state index contributed by atoms with van der Waals surface area (Å²) in [6.07, 6.45) is 2.11. The maximum atomic E-state index is 13.4. The molecule has 1 atom stereocenters. The molecule has 0 saturated carbocycles. The predicted octanol–water partition coefficient (Wildman–Crippen LogP) is 4.99. The van der Waals surface area contributed by atoms with Gasteiger partial charge in [0.05, 0.1) is 25.0 Å². The monoisotopic (exact) mass is 472 g/mol. The van der Waals surface area contributed by atoms with Crippen molar-refractivity contribution < 1.29 is 14.0 Å². The fraction of sp³-hybridized carbons (Fsp3) is 0.273.